The number of anilines is 1. The van der Waals surface area contributed by atoms with Gasteiger partial charge in [0.2, 0.25) is 0 Å². The monoisotopic (exact) mass is 380 g/mol. The number of nitrogens with two attached hydrogens (primary N) is 1. The zero-order valence-electron chi connectivity index (χ0n) is 14.5. The highest BCUT2D eigenvalue weighted by atomic mass is 32.1. The number of thiophene rings is 2. The number of nitrogens with zero attached hydrogens (tertiary/aromatic N) is 2. The summed E-state index contributed by atoms with van der Waals surface area (Å²) in [6, 6.07) is 14.6. The summed E-state index contributed by atoms with van der Waals surface area (Å²) in [6.45, 7) is 3.34. The Morgan fingerprint density at radius 1 is 1.08 bits per heavy atom. The van der Waals surface area contributed by atoms with Crippen molar-refractivity contribution in [3.05, 3.63) is 63.4 Å². The van der Waals surface area contributed by atoms with Gasteiger partial charge in [0.25, 0.3) is 0 Å². The molecule has 0 aliphatic rings. The molecule has 4 rings (SSSR count). The van der Waals surface area contributed by atoms with Crippen LogP contribution in [-0.4, -0.2) is 16.5 Å². The second-order valence-electron chi connectivity index (χ2n) is 6.04. The summed E-state index contributed by atoms with van der Waals surface area (Å²) >= 11 is 3.50. The standard InChI is InChI=1S/C20H20N4S2/c1-13-23-18-17(14-6-3-2-4-7-14)16(9-10-21)26-19(18)20(24-13)22-12-15-8-5-11-25-15/h2-8,11H,9-10,12,21H2,1H3,(H,22,23,24). The summed E-state index contributed by atoms with van der Waals surface area (Å²) in [5.41, 5.74) is 9.28. The third kappa shape index (κ3) is 3.35. The second-order valence-corrected chi connectivity index (χ2v) is 8.17. The first-order valence-corrected chi connectivity index (χ1v) is 10.3. The minimum Gasteiger partial charge on any atom is -0.364 e. The van der Waals surface area contributed by atoms with Crippen molar-refractivity contribution in [3.63, 3.8) is 0 Å². The molecule has 26 heavy (non-hydrogen) atoms. The Hall–Kier alpha value is -2.28. The molecule has 0 saturated carbocycles. The molecule has 1 aromatic carbocycles. The number of hydrogen-bond donors (Lipinski definition) is 2. The van der Waals surface area contributed by atoms with Crippen LogP contribution in [0, 0.1) is 6.92 Å². The molecule has 3 aromatic heterocycles. The van der Waals surface area contributed by atoms with Gasteiger partial charge in [0.15, 0.2) is 0 Å². The molecular weight excluding hydrogens is 360 g/mol. The molecule has 0 fully saturated rings. The van der Waals surface area contributed by atoms with Crippen molar-refractivity contribution < 1.29 is 0 Å². The van der Waals surface area contributed by atoms with Gasteiger partial charge in [-0.25, -0.2) is 9.97 Å². The third-order valence-electron chi connectivity index (χ3n) is 4.16. The van der Waals surface area contributed by atoms with E-state index in [0.29, 0.717) is 6.54 Å². The van der Waals surface area contributed by atoms with E-state index in [4.69, 9.17) is 10.7 Å². The van der Waals surface area contributed by atoms with Crippen LogP contribution >= 0.6 is 22.7 Å². The SMILES string of the molecule is Cc1nc(NCc2cccs2)c2sc(CCN)c(-c3ccccc3)c2n1. The van der Waals surface area contributed by atoms with Gasteiger partial charge in [0, 0.05) is 15.3 Å². The highest BCUT2D eigenvalue weighted by molar-refractivity contribution is 7.20. The average molecular weight is 381 g/mol. The minimum absolute atomic E-state index is 0.622. The molecule has 0 atom stereocenters. The van der Waals surface area contributed by atoms with Crippen molar-refractivity contribution in [2.75, 3.05) is 11.9 Å². The van der Waals surface area contributed by atoms with Gasteiger partial charge < -0.3 is 11.1 Å². The fourth-order valence-corrected chi connectivity index (χ4v) is 4.93. The lowest BCUT2D eigenvalue weighted by Gasteiger charge is -2.07. The Morgan fingerprint density at radius 2 is 1.92 bits per heavy atom. The van der Waals surface area contributed by atoms with Crippen molar-refractivity contribution in [1.82, 2.24) is 9.97 Å². The Bertz CT molecular complexity index is 1010. The van der Waals surface area contributed by atoms with Gasteiger partial charge in [-0.2, -0.15) is 0 Å². The molecule has 6 heteroatoms. The van der Waals surface area contributed by atoms with Crippen LogP contribution in [-0.2, 0) is 13.0 Å². The topological polar surface area (TPSA) is 63.8 Å². The molecule has 0 aliphatic carbocycles. The summed E-state index contributed by atoms with van der Waals surface area (Å²) in [5, 5.41) is 5.60. The van der Waals surface area contributed by atoms with E-state index in [1.165, 1.54) is 20.9 Å². The summed E-state index contributed by atoms with van der Waals surface area (Å²) in [4.78, 5) is 12.0. The molecule has 0 radical (unpaired) electrons. The first-order valence-electron chi connectivity index (χ1n) is 8.58. The van der Waals surface area contributed by atoms with E-state index >= 15 is 0 Å². The number of fused-ring (bicyclic) bond motifs is 1. The van der Waals surface area contributed by atoms with Crippen LogP contribution in [0.2, 0.25) is 0 Å². The average Bonchev–Trinajstić information content (AvgIpc) is 3.28. The molecule has 3 N–H and O–H groups in total. The lowest BCUT2D eigenvalue weighted by Crippen LogP contribution is -2.02. The van der Waals surface area contributed by atoms with Crippen LogP contribution in [0.15, 0.2) is 47.8 Å². The summed E-state index contributed by atoms with van der Waals surface area (Å²) in [7, 11) is 0. The minimum atomic E-state index is 0.622. The molecule has 132 valence electrons. The van der Waals surface area contributed by atoms with E-state index < -0.39 is 0 Å². The van der Waals surface area contributed by atoms with Gasteiger partial charge in [-0.1, -0.05) is 36.4 Å². The van der Waals surface area contributed by atoms with Gasteiger partial charge >= 0.3 is 0 Å². The van der Waals surface area contributed by atoms with Gasteiger partial charge in [0.1, 0.15) is 11.6 Å². The summed E-state index contributed by atoms with van der Waals surface area (Å²) in [6.07, 6.45) is 0.842. The molecule has 0 aliphatic heterocycles. The zero-order valence-corrected chi connectivity index (χ0v) is 16.2. The number of benzene rings is 1. The number of aryl methyl sites for hydroxylation is 1. The number of rotatable bonds is 6. The van der Waals surface area contributed by atoms with E-state index in [0.717, 1.165) is 34.8 Å². The highest BCUT2D eigenvalue weighted by Crippen LogP contribution is 2.40. The third-order valence-corrected chi connectivity index (χ3v) is 6.28. The van der Waals surface area contributed by atoms with E-state index in [1.54, 1.807) is 22.7 Å². The van der Waals surface area contributed by atoms with Gasteiger partial charge in [-0.05, 0) is 36.9 Å². The molecule has 3 heterocycles. The summed E-state index contributed by atoms with van der Waals surface area (Å²) in [5.74, 6) is 1.69. The Kier molecular flexibility index (Phi) is 4.97. The Morgan fingerprint density at radius 3 is 2.65 bits per heavy atom. The van der Waals surface area contributed by atoms with Crippen LogP contribution in [0.25, 0.3) is 21.3 Å². The lowest BCUT2D eigenvalue weighted by atomic mass is 10.0. The number of nitrogens with one attached hydrogen (secondary N) is 1. The van der Waals surface area contributed by atoms with Crippen molar-refractivity contribution in [1.29, 1.82) is 0 Å². The fourth-order valence-electron chi connectivity index (χ4n) is 3.05. The fraction of sp³-hybridized carbons (Fsp3) is 0.200. The molecular formula is C20H20N4S2. The van der Waals surface area contributed by atoms with E-state index in [1.807, 2.05) is 13.0 Å². The second kappa shape index (κ2) is 7.53. The predicted octanol–water partition coefficient (Wildman–Crippen LogP) is 4.84. The van der Waals surface area contributed by atoms with Crippen molar-refractivity contribution >= 4 is 38.7 Å². The normalized spacial score (nSPS) is 11.2. The van der Waals surface area contributed by atoms with Gasteiger partial charge in [0.05, 0.1) is 16.8 Å². The largest absolute Gasteiger partial charge is 0.364 e. The quantitative estimate of drug-likeness (QED) is 0.502. The Balaban J connectivity index is 1.84. The molecule has 0 unspecified atom stereocenters. The molecule has 4 nitrogen and oxygen atoms in total. The van der Waals surface area contributed by atoms with Crippen LogP contribution in [0.5, 0.6) is 0 Å². The number of hydrogen-bond acceptors (Lipinski definition) is 6. The van der Waals surface area contributed by atoms with Crippen LogP contribution < -0.4 is 11.1 Å². The van der Waals surface area contributed by atoms with E-state index in [2.05, 4.69) is 52.1 Å². The molecule has 4 aromatic rings. The van der Waals surface area contributed by atoms with Crippen LogP contribution in [0.1, 0.15) is 15.6 Å². The maximum absolute atomic E-state index is 5.88. The summed E-state index contributed by atoms with van der Waals surface area (Å²) < 4.78 is 1.11. The highest BCUT2D eigenvalue weighted by Gasteiger charge is 2.18. The smallest absolute Gasteiger partial charge is 0.148 e. The van der Waals surface area contributed by atoms with Gasteiger partial charge in [-0.3, -0.25) is 0 Å². The van der Waals surface area contributed by atoms with E-state index in [-0.39, 0.29) is 0 Å². The molecule has 0 amide bonds. The zero-order chi connectivity index (χ0) is 17.9. The van der Waals surface area contributed by atoms with Crippen molar-refractivity contribution in [3.8, 4) is 11.1 Å². The molecule has 0 spiro atoms. The maximum Gasteiger partial charge on any atom is 0.148 e. The van der Waals surface area contributed by atoms with E-state index in [9.17, 15) is 0 Å². The van der Waals surface area contributed by atoms with Crippen LogP contribution in [0.4, 0.5) is 5.82 Å². The molecule has 0 saturated heterocycles. The predicted molar refractivity (Wildman–Crippen MR) is 112 cm³/mol. The number of aromatic nitrogens is 2. The van der Waals surface area contributed by atoms with Crippen LogP contribution in [0.3, 0.4) is 0 Å². The first-order chi connectivity index (χ1) is 12.8. The van der Waals surface area contributed by atoms with Crippen molar-refractivity contribution in [2.45, 2.75) is 19.9 Å². The first kappa shape index (κ1) is 17.1. The van der Waals surface area contributed by atoms with Crippen molar-refractivity contribution in [2.24, 2.45) is 5.73 Å². The molecule has 0 bridgehead atoms. The lowest BCUT2D eigenvalue weighted by molar-refractivity contribution is 0.990. The van der Waals surface area contributed by atoms with Gasteiger partial charge in [-0.15, -0.1) is 22.7 Å². The maximum atomic E-state index is 5.88. The Labute approximate surface area is 160 Å².